The van der Waals surface area contributed by atoms with Crippen molar-refractivity contribution < 1.29 is 14.4 Å². The number of benzene rings is 3. The number of carbonyl (C=O) groups excluding carboxylic acids is 3. The van der Waals surface area contributed by atoms with E-state index in [0.717, 1.165) is 27.8 Å². The number of nitrogens with one attached hydrogen (secondary N) is 3. The Morgan fingerprint density at radius 1 is 0.778 bits per heavy atom. The number of rotatable bonds is 12. The lowest BCUT2D eigenvalue weighted by Crippen LogP contribution is -2.53. The fourth-order valence-corrected chi connectivity index (χ4v) is 3.97. The topological polar surface area (TPSA) is 113 Å². The molecule has 0 aromatic heterocycles. The van der Waals surface area contributed by atoms with Crippen LogP contribution < -0.4 is 21.7 Å². The average molecular weight is 487 g/mol. The van der Waals surface area contributed by atoms with Crippen LogP contribution in [0.2, 0.25) is 0 Å². The van der Waals surface area contributed by atoms with Crippen LogP contribution in [0.15, 0.2) is 78.9 Å². The maximum absolute atomic E-state index is 13.0. The Kier molecular flexibility index (Phi) is 9.92. The predicted octanol–water partition coefficient (Wildman–Crippen LogP) is 2.72. The van der Waals surface area contributed by atoms with Crippen LogP contribution in [0.1, 0.15) is 30.0 Å². The number of likely N-dealkylation sites (N-methyl/N-ethyl adjacent to an activating group) is 1. The van der Waals surface area contributed by atoms with Crippen molar-refractivity contribution >= 4 is 17.6 Å². The molecule has 2 atom stereocenters. The van der Waals surface area contributed by atoms with Gasteiger partial charge in [-0.25, -0.2) is 0 Å². The summed E-state index contributed by atoms with van der Waals surface area (Å²) in [5.41, 5.74) is 10.7. The predicted molar refractivity (Wildman–Crippen MR) is 142 cm³/mol. The highest BCUT2D eigenvalue weighted by molar-refractivity contribution is 5.93. The summed E-state index contributed by atoms with van der Waals surface area (Å²) in [4.78, 5) is 37.7. The Balaban J connectivity index is 1.62. The molecule has 0 saturated heterocycles. The van der Waals surface area contributed by atoms with Crippen molar-refractivity contribution in [2.75, 3.05) is 7.05 Å². The van der Waals surface area contributed by atoms with Gasteiger partial charge in [-0.3, -0.25) is 14.4 Å². The van der Waals surface area contributed by atoms with E-state index in [2.05, 4.69) is 16.0 Å². The van der Waals surface area contributed by atoms with Crippen molar-refractivity contribution in [2.45, 2.75) is 44.9 Å². The van der Waals surface area contributed by atoms with Crippen molar-refractivity contribution in [3.05, 3.63) is 95.6 Å². The van der Waals surface area contributed by atoms with Crippen LogP contribution >= 0.6 is 0 Å². The monoisotopic (exact) mass is 486 g/mol. The van der Waals surface area contributed by atoms with E-state index in [1.165, 1.54) is 6.92 Å². The highest BCUT2D eigenvalue weighted by Gasteiger charge is 2.26. The fourth-order valence-electron chi connectivity index (χ4n) is 3.97. The van der Waals surface area contributed by atoms with E-state index in [0.29, 0.717) is 13.0 Å². The molecule has 7 heteroatoms. The van der Waals surface area contributed by atoms with E-state index >= 15 is 0 Å². The molecule has 3 aromatic carbocycles. The van der Waals surface area contributed by atoms with Gasteiger partial charge in [0.15, 0.2) is 0 Å². The molecular weight excluding hydrogens is 452 g/mol. The minimum Gasteiger partial charge on any atom is -0.350 e. The highest BCUT2D eigenvalue weighted by Crippen LogP contribution is 2.19. The molecule has 2 amide bonds. The lowest BCUT2D eigenvalue weighted by Gasteiger charge is -2.22. The molecule has 0 heterocycles. The smallest absolute Gasteiger partial charge is 0.243 e. The van der Waals surface area contributed by atoms with Crippen LogP contribution in [0, 0.1) is 0 Å². The molecule has 0 bridgehead atoms. The van der Waals surface area contributed by atoms with Gasteiger partial charge in [-0.2, -0.15) is 0 Å². The number of carbonyl (C=O) groups is 3. The third-order valence-electron chi connectivity index (χ3n) is 5.98. The van der Waals surface area contributed by atoms with Crippen molar-refractivity contribution in [3.8, 4) is 11.1 Å². The van der Waals surface area contributed by atoms with Crippen LogP contribution in [0.25, 0.3) is 11.1 Å². The van der Waals surface area contributed by atoms with Gasteiger partial charge in [-0.1, -0.05) is 78.9 Å². The number of nitrogens with two attached hydrogens (primary N) is 1. The molecule has 0 fully saturated rings. The first kappa shape index (κ1) is 26.8. The van der Waals surface area contributed by atoms with Crippen molar-refractivity contribution in [1.82, 2.24) is 16.0 Å². The number of Topliss-reactive ketones (excluding diaryl/α,β-unsaturated/α-hetero) is 1. The first-order valence-corrected chi connectivity index (χ1v) is 12.1. The van der Waals surface area contributed by atoms with Crippen LogP contribution in [0.5, 0.6) is 0 Å². The van der Waals surface area contributed by atoms with Crippen LogP contribution in [0.3, 0.4) is 0 Å². The van der Waals surface area contributed by atoms with Gasteiger partial charge in [0, 0.05) is 19.5 Å². The second kappa shape index (κ2) is 13.3. The van der Waals surface area contributed by atoms with Crippen molar-refractivity contribution in [3.63, 3.8) is 0 Å². The van der Waals surface area contributed by atoms with Gasteiger partial charge in [0.25, 0.3) is 0 Å². The van der Waals surface area contributed by atoms with Gasteiger partial charge in [0.1, 0.15) is 11.8 Å². The minimum absolute atomic E-state index is 0.0807. The van der Waals surface area contributed by atoms with Gasteiger partial charge >= 0.3 is 0 Å². The summed E-state index contributed by atoms with van der Waals surface area (Å²) in [7, 11) is 1.70. The zero-order valence-electron chi connectivity index (χ0n) is 20.8. The molecule has 0 aliphatic heterocycles. The molecule has 3 aromatic rings. The van der Waals surface area contributed by atoms with E-state index in [4.69, 9.17) is 5.73 Å². The summed E-state index contributed by atoms with van der Waals surface area (Å²) in [5, 5.41) is 8.61. The molecule has 0 saturated carbocycles. The second-order valence-electron chi connectivity index (χ2n) is 8.82. The largest absolute Gasteiger partial charge is 0.350 e. The minimum atomic E-state index is -0.955. The Morgan fingerprint density at radius 3 is 2.08 bits per heavy atom. The number of hydrogen-bond donors (Lipinski definition) is 4. The van der Waals surface area contributed by atoms with Gasteiger partial charge in [-0.15, -0.1) is 0 Å². The van der Waals surface area contributed by atoms with Crippen molar-refractivity contribution in [1.29, 1.82) is 0 Å². The second-order valence-corrected chi connectivity index (χ2v) is 8.82. The molecule has 5 N–H and O–H groups in total. The molecule has 0 unspecified atom stereocenters. The molecular formula is C29H34N4O3. The normalized spacial score (nSPS) is 12.4. The molecule has 0 radical (unpaired) electrons. The standard InChI is InChI=1S/C29H34N4O3/c1-20(34)15-27(28(35)32-19-23-8-6-7-22(16-23)18-30)33-29(36)26(31-2)17-21-11-13-25(14-12-21)24-9-4-3-5-10-24/h3-14,16,26-27,31H,15,17-19,30H2,1-2H3,(H,32,35)(H,33,36)/t26-,27-/m0/s1. The summed E-state index contributed by atoms with van der Waals surface area (Å²) in [5.74, 6) is -0.923. The van der Waals surface area contributed by atoms with E-state index in [9.17, 15) is 14.4 Å². The van der Waals surface area contributed by atoms with Gasteiger partial charge < -0.3 is 21.7 Å². The molecule has 0 aliphatic carbocycles. The van der Waals surface area contributed by atoms with Gasteiger partial charge in [0.05, 0.1) is 6.04 Å². The lowest BCUT2D eigenvalue weighted by atomic mass is 10.00. The Morgan fingerprint density at radius 2 is 1.44 bits per heavy atom. The summed E-state index contributed by atoms with van der Waals surface area (Å²) >= 11 is 0. The summed E-state index contributed by atoms with van der Waals surface area (Å²) in [6.07, 6.45) is 0.361. The first-order chi connectivity index (χ1) is 17.4. The SMILES string of the molecule is CN[C@@H](Cc1ccc(-c2ccccc2)cc1)C(=O)N[C@@H](CC(C)=O)C(=O)NCc1cccc(CN)c1. The zero-order chi connectivity index (χ0) is 25.9. The van der Waals surface area contributed by atoms with E-state index in [-0.39, 0.29) is 24.7 Å². The quantitative estimate of drug-likeness (QED) is 0.314. The number of hydrogen-bond acceptors (Lipinski definition) is 5. The molecule has 36 heavy (non-hydrogen) atoms. The summed E-state index contributed by atoms with van der Waals surface area (Å²) in [6.45, 7) is 2.09. The van der Waals surface area contributed by atoms with Crippen LogP contribution in [0.4, 0.5) is 0 Å². The third kappa shape index (κ3) is 7.86. The molecule has 7 nitrogen and oxygen atoms in total. The molecule has 188 valence electrons. The fraction of sp³-hybridized carbons (Fsp3) is 0.276. The van der Waals surface area contributed by atoms with Crippen LogP contribution in [-0.4, -0.2) is 36.7 Å². The van der Waals surface area contributed by atoms with Crippen LogP contribution in [-0.2, 0) is 33.9 Å². The summed E-state index contributed by atoms with van der Waals surface area (Å²) < 4.78 is 0. The number of ketones is 1. The molecule has 0 spiro atoms. The first-order valence-electron chi connectivity index (χ1n) is 12.1. The lowest BCUT2D eigenvalue weighted by molar-refractivity contribution is -0.131. The van der Waals surface area contributed by atoms with E-state index < -0.39 is 18.0 Å². The third-order valence-corrected chi connectivity index (χ3v) is 5.98. The highest BCUT2D eigenvalue weighted by atomic mass is 16.2. The molecule has 0 aliphatic rings. The Labute approximate surface area is 212 Å². The maximum atomic E-state index is 13.0. The van der Waals surface area contributed by atoms with E-state index in [1.807, 2.05) is 78.9 Å². The van der Waals surface area contributed by atoms with E-state index in [1.54, 1.807) is 7.05 Å². The Hall–Kier alpha value is -3.81. The summed E-state index contributed by atoms with van der Waals surface area (Å²) in [6, 6.07) is 24.2. The van der Waals surface area contributed by atoms with Crippen molar-refractivity contribution in [2.24, 2.45) is 5.73 Å². The average Bonchev–Trinajstić information content (AvgIpc) is 2.90. The zero-order valence-corrected chi connectivity index (χ0v) is 20.8. The van der Waals surface area contributed by atoms with Gasteiger partial charge in [-0.05, 0) is 48.2 Å². The maximum Gasteiger partial charge on any atom is 0.243 e. The molecule has 3 rings (SSSR count). The Bertz CT molecular complexity index is 1160. The number of amides is 2. The van der Waals surface area contributed by atoms with Gasteiger partial charge in [0.2, 0.25) is 11.8 Å².